The summed E-state index contributed by atoms with van der Waals surface area (Å²) < 4.78 is 21.5. The van der Waals surface area contributed by atoms with Gasteiger partial charge in [-0.1, -0.05) is 13.3 Å². The van der Waals surface area contributed by atoms with Crippen molar-refractivity contribution in [1.29, 1.82) is 0 Å². The van der Waals surface area contributed by atoms with Crippen LogP contribution in [0.1, 0.15) is 33.6 Å². The summed E-state index contributed by atoms with van der Waals surface area (Å²) in [6.45, 7) is 9.42. The first-order chi connectivity index (χ1) is 7.85. The van der Waals surface area contributed by atoms with Gasteiger partial charge < -0.3 is 18.6 Å². The van der Waals surface area contributed by atoms with Gasteiger partial charge in [0.05, 0.1) is 13.2 Å². The fourth-order valence-electron chi connectivity index (χ4n) is 0.995. The maximum absolute atomic E-state index is 5.43. The lowest BCUT2D eigenvalue weighted by atomic mass is 10.4. The maximum Gasteiger partial charge on any atom is 0.299 e. The highest BCUT2D eigenvalue weighted by atomic mass is 28.2. The molecule has 0 saturated carbocycles. The van der Waals surface area contributed by atoms with Gasteiger partial charge in [0.15, 0.2) is 5.91 Å². The van der Waals surface area contributed by atoms with Crippen LogP contribution in [-0.2, 0) is 18.6 Å². The van der Waals surface area contributed by atoms with Crippen molar-refractivity contribution in [3.63, 3.8) is 0 Å². The number of ether oxygens (including phenoxy) is 3. The lowest BCUT2D eigenvalue weighted by molar-refractivity contribution is -0.0905. The Morgan fingerprint density at radius 2 is 1.62 bits per heavy atom. The van der Waals surface area contributed by atoms with Gasteiger partial charge in [-0.15, -0.1) is 0 Å². The van der Waals surface area contributed by atoms with E-state index in [4.69, 9.17) is 18.6 Å². The molecule has 0 unspecified atom stereocenters. The molecule has 0 aromatic carbocycles. The lowest BCUT2D eigenvalue weighted by Crippen LogP contribution is -2.27. The van der Waals surface area contributed by atoms with E-state index in [0.29, 0.717) is 26.4 Å². The molecule has 0 aliphatic carbocycles. The first-order valence-corrected chi connectivity index (χ1v) is 7.01. The SMILES string of the molecule is CCCCOCCO[Si]C(OCC)OCC. The van der Waals surface area contributed by atoms with E-state index in [0.717, 1.165) is 13.0 Å². The average Bonchev–Trinajstić information content (AvgIpc) is 2.28. The minimum atomic E-state index is -0.217. The van der Waals surface area contributed by atoms with Gasteiger partial charge in [0.1, 0.15) is 0 Å². The van der Waals surface area contributed by atoms with Crippen LogP contribution in [0.15, 0.2) is 0 Å². The molecule has 2 radical (unpaired) electrons. The fraction of sp³-hybridized carbons (Fsp3) is 1.00. The summed E-state index contributed by atoms with van der Waals surface area (Å²) in [6, 6.07) is 0. The van der Waals surface area contributed by atoms with E-state index < -0.39 is 0 Å². The summed E-state index contributed by atoms with van der Waals surface area (Å²) in [4.78, 5) is 0. The van der Waals surface area contributed by atoms with Gasteiger partial charge in [-0.3, -0.25) is 0 Å². The highest BCUT2D eigenvalue weighted by Gasteiger charge is 2.10. The molecule has 0 rings (SSSR count). The highest BCUT2D eigenvalue weighted by Crippen LogP contribution is 1.94. The molecule has 0 aliphatic heterocycles. The zero-order valence-corrected chi connectivity index (χ0v) is 11.7. The summed E-state index contributed by atoms with van der Waals surface area (Å²) in [5.74, 6) is -0.217. The third-order valence-corrected chi connectivity index (χ3v) is 2.68. The normalized spacial score (nSPS) is 11.2. The molecule has 0 heterocycles. The Hall–Kier alpha value is 0.0569. The van der Waals surface area contributed by atoms with E-state index in [2.05, 4.69) is 6.92 Å². The smallest absolute Gasteiger partial charge is 0.299 e. The topological polar surface area (TPSA) is 36.9 Å². The second kappa shape index (κ2) is 13.1. The van der Waals surface area contributed by atoms with Crippen molar-refractivity contribution < 1.29 is 18.6 Å². The molecule has 4 nitrogen and oxygen atoms in total. The average molecular weight is 248 g/mol. The minimum Gasteiger partial charge on any atom is -0.410 e. The predicted molar refractivity (Wildman–Crippen MR) is 64.5 cm³/mol. The number of hydrogen-bond donors (Lipinski definition) is 0. The van der Waals surface area contributed by atoms with Crippen molar-refractivity contribution in [2.45, 2.75) is 39.5 Å². The van der Waals surface area contributed by atoms with Crippen LogP contribution in [0.25, 0.3) is 0 Å². The highest BCUT2D eigenvalue weighted by molar-refractivity contribution is 6.28. The Balaban J connectivity index is 3.25. The van der Waals surface area contributed by atoms with Gasteiger partial charge in [-0.2, -0.15) is 0 Å². The van der Waals surface area contributed by atoms with Crippen LogP contribution in [0, 0.1) is 0 Å². The summed E-state index contributed by atoms with van der Waals surface area (Å²) in [5, 5.41) is 0. The largest absolute Gasteiger partial charge is 0.410 e. The molecule has 0 amide bonds. The van der Waals surface area contributed by atoms with Crippen LogP contribution in [0.5, 0.6) is 0 Å². The number of hydrogen-bond acceptors (Lipinski definition) is 4. The van der Waals surface area contributed by atoms with Crippen LogP contribution < -0.4 is 0 Å². The van der Waals surface area contributed by atoms with E-state index >= 15 is 0 Å². The van der Waals surface area contributed by atoms with Crippen LogP contribution in [0.3, 0.4) is 0 Å². The molecule has 0 atom stereocenters. The van der Waals surface area contributed by atoms with Gasteiger partial charge in [-0.05, 0) is 20.3 Å². The Labute approximate surface area is 102 Å². The van der Waals surface area contributed by atoms with Gasteiger partial charge in [0.2, 0.25) is 0 Å². The van der Waals surface area contributed by atoms with E-state index in [9.17, 15) is 0 Å². The molecule has 0 bridgehead atoms. The molecule has 16 heavy (non-hydrogen) atoms. The molecule has 96 valence electrons. The predicted octanol–water partition coefficient (Wildman–Crippen LogP) is 1.80. The molecule has 0 aliphatic rings. The molecule has 0 N–H and O–H groups in total. The second-order valence-electron chi connectivity index (χ2n) is 3.17. The van der Waals surface area contributed by atoms with Gasteiger partial charge >= 0.3 is 0 Å². The maximum atomic E-state index is 5.43. The standard InChI is InChI=1S/C11H24O4Si/c1-4-7-8-12-9-10-15-16-11(13-5-2)14-6-3/h11H,4-10H2,1-3H3. The van der Waals surface area contributed by atoms with E-state index in [1.54, 1.807) is 0 Å². The summed E-state index contributed by atoms with van der Waals surface area (Å²) in [7, 11) is 0.225. The quantitative estimate of drug-likeness (QED) is 0.300. The molecule has 0 aromatic rings. The molecule has 5 heteroatoms. The van der Waals surface area contributed by atoms with Crippen molar-refractivity contribution in [2.24, 2.45) is 0 Å². The first-order valence-electron chi connectivity index (χ1n) is 6.03. The third kappa shape index (κ3) is 10.6. The minimum absolute atomic E-state index is 0.217. The van der Waals surface area contributed by atoms with E-state index in [1.807, 2.05) is 13.8 Å². The second-order valence-corrected chi connectivity index (χ2v) is 4.17. The Kier molecular flexibility index (Phi) is 13.2. The van der Waals surface area contributed by atoms with Crippen molar-refractivity contribution in [2.75, 3.05) is 33.0 Å². The molecular weight excluding hydrogens is 224 g/mol. The molecule has 0 aromatic heterocycles. The van der Waals surface area contributed by atoms with E-state index in [1.165, 1.54) is 6.42 Å². The van der Waals surface area contributed by atoms with Crippen LogP contribution in [0.2, 0.25) is 0 Å². The van der Waals surface area contributed by atoms with Crippen LogP contribution in [-0.4, -0.2) is 48.7 Å². The van der Waals surface area contributed by atoms with Gasteiger partial charge in [0, 0.05) is 19.8 Å². The van der Waals surface area contributed by atoms with Crippen LogP contribution in [0.4, 0.5) is 0 Å². The Morgan fingerprint density at radius 3 is 2.19 bits per heavy atom. The van der Waals surface area contributed by atoms with E-state index in [-0.39, 0.29) is 15.7 Å². The van der Waals surface area contributed by atoms with Crippen molar-refractivity contribution in [1.82, 2.24) is 0 Å². The van der Waals surface area contributed by atoms with Gasteiger partial charge in [0.25, 0.3) is 9.76 Å². The Morgan fingerprint density at radius 1 is 0.938 bits per heavy atom. The molecule has 0 saturated heterocycles. The summed E-state index contributed by atoms with van der Waals surface area (Å²) in [5.41, 5.74) is 0. The number of unbranched alkanes of at least 4 members (excludes halogenated alkanes) is 1. The van der Waals surface area contributed by atoms with Crippen molar-refractivity contribution in [3.05, 3.63) is 0 Å². The molecule has 0 fully saturated rings. The van der Waals surface area contributed by atoms with Crippen molar-refractivity contribution >= 4 is 9.76 Å². The first kappa shape index (κ1) is 16.1. The molecule has 0 spiro atoms. The zero-order valence-electron chi connectivity index (χ0n) is 10.7. The van der Waals surface area contributed by atoms with Gasteiger partial charge in [-0.25, -0.2) is 0 Å². The third-order valence-electron chi connectivity index (χ3n) is 1.79. The zero-order chi connectivity index (χ0) is 12.1. The summed E-state index contributed by atoms with van der Waals surface area (Å²) in [6.07, 6.45) is 2.28. The summed E-state index contributed by atoms with van der Waals surface area (Å²) >= 11 is 0. The lowest BCUT2D eigenvalue weighted by Gasteiger charge is -2.15. The van der Waals surface area contributed by atoms with Crippen molar-refractivity contribution in [3.8, 4) is 0 Å². The number of rotatable bonds is 12. The Bertz CT molecular complexity index is 129. The fourth-order valence-corrected chi connectivity index (χ4v) is 1.80. The monoisotopic (exact) mass is 248 g/mol. The van der Waals surface area contributed by atoms with Crippen LogP contribution >= 0.6 is 0 Å². The molecular formula is C11H24O4Si.